The SMILES string of the molecule is CC(C)(C)N1CC2(CN(C=O)C2)C1.CC(C)C1CCN(C2CCCCC2)CC1. The molecule has 28 heavy (non-hydrogen) atoms. The third-order valence-corrected chi connectivity index (χ3v) is 7.84. The Bertz CT molecular complexity index is 484. The third-order valence-electron chi connectivity index (χ3n) is 7.84. The smallest absolute Gasteiger partial charge is 0.209 e. The number of amides is 1. The minimum absolute atomic E-state index is 0.298. The maximum atomic E-state index is 10.4. The largest absolute Gasteiger partial charge is 0.344 e. The van der Waals surface area contributed by atoms with Gasteiger partial charge in [-0.25, -0.2) is 0 Å². The highest BCUT2D eigenvalue weighted by Crippen LogP contribution is 2.41. The lowest BCUT2D eigenvalue weighted by molar-refractivity contribution is -0.157. The first kappa shape index (κ1) is 22.1. The Balaban J connectivity index is 0.000000162. The second-order valence-corrected chi connectivity index (χ2v) is 11.4. The maximum Gasteiger partial charge on any atom is 0.209 e. The molecule has 0 aromatic heterocycles. The van der Waals surface area contributed by atoms with Crippen LogP contribution in [0.15, 0.2) is 0 Å². The molecule has 3 saturated heterocycles. The molecule has 0 aromatic carbocycles. The average molecular weight is 392 g/mol. The third kappa shape index (κ3) is 5.30. The van der Waals surface area contributed by atoms with Crippen molar-refractivity contribution in [2.24, 2.45) is 17.3 Å². The van der Waals surface area contributed by atoms with E-state index in [1.165, 1.54) is 71.1 Å². The van der Waals surface area contributed by atoms with E-state index in [1.54, 1.807) is 0 Å². The molecule has 1 amide bonds. The molecule has 0 radical (unpaired) electrons. The lowest BCUT2D eigenvalue weighted by atomic mass is 9.71. The molecule has 0 atom stereocenters. The summed E-state index contributed by atoms with van der Waals surface area (Å²) in [6.45, 7) is 18.6. The van der Waals surface area contributed by atoms with Crippen molar-refractivity contribution in [1.29, 1.82) is 0 Å². The second-order valence-electron chi connectivity index (χ2n) is 11.4. The number of hydrogen-bond donors (Lipinski definition) is 0. The second kappa shape index (κ2) is 9.04. The van der Waals surface area contributed by atoms with Crippen molar-refractivity contribution in [3.63, 3.8) is 0 Å². The summed E-state index contributed by atoms with van der Waals surface area (Å²) in [5.41, 5.74) is 0.765. The van der Waals surface area contributed by atoms with Crippen LogP contribution in [-0.4, -0.2) is 72.0 Å². The molecule has 0 bridgehead atoms. The van der Waals surface area contributed by atoms with E-state index >= 15 is 0 Å². The summed E-state index contributed by atoms with van der Waals surface area (Å²) in [5.74, 6) is 1.91. The van der Waals surface area contributed by atoms with Gasteiger partial charge in [0.05, 0.1) is 0 Å². The van der Waals surface area contributed by atoms with Crippen LogP contribution in [0.5, 0.6) is 0 Å². The zero-order valence-electron chi connectivity index (χ0n) is 19.3. The highest BCUT2D eigenvalue weighted by molar-refractivity contribution is 5.50. The quantitative estimate of drug-likeness (QED) is 0.673. The molecular formula is C24H45N3O. The summed E-state index contributed by atoms with van der Waals surface area (Å²) in [7, 11) is 0. The summed E-state index contributed by atoms with van der Waals surface area (Å²) in [6, 6.07) is 0.951. The fourth-order valence-corrected chi connectivity index (χ4v) is 5.73. The molecular weight excluding hydrogens is 346 g/mol. The first-order chi connectivity index (χ1) is 13.2. The predicted octanol–water partition coefficient (Wildman–Crippen LogP) is 4.25. The molecule has 1 aliphatic carbocycles. The van der Waals surface area contributed by atoms with Gasteiger partial charge in [-0.2, -0.15) is 0 Å². The van der Waals surface area contributed by atoms with Gasteiger partial charge in [0, 0.05) is 43.2 Å². The molecule has 4 heteroatoms. The van der Waals surface area contributed by atoms with Crippen LogP contribution in [0.3, 0.4) is 0 Å². The van der Waals surface area contributed by atoms with Crippen LogP contribution >= 0.6 is 0 Å². The molecule has 4 nitrogen and oxygen atoms in total. The van der Waals surface area contributed by atoms with E-state index in [9.17, 15) is 4.79 Å². The maximum absolute atomic E-state index is 10.4. The Kier molecular flexibility index (Phi) is 7.13. The zero-order valence-corrected chi connectivity index (χ0v) is 19.3. The van der Waals surface area contributed by atoms with Crippen LogP contribution in [0.2, 0.25) is 0 Å². The number of nitrogens with zero attached hydrogens (tertiary/aromatic N) is 3. The van der Waals surface area contributed by atoms with E-state index < -0.39 is 0 Å². The van der Waals surface area contributed by atoms with Gasteiger partial charge in [0.15, 0.2) is 0 Å². The van der Waals surface area contributed by atoms with Gasteiger partial charge in [-0.1, -0.05) is 33.1 Å². The highest BCUT2D eigenvalue weighted by atomic mass is 16.1. The van der Waals surface area contributed by atoms with Gasteiger partial charge in [-0.3, -0.25) is 9.69 Å². The van der Waals surface area contributed by atoms with E-state index in [4.69, 9.17) is 0 Å². The van der Waals surface area contributed by atoms with E-state index in [-0.39, 0.29) is 0 Å². The summed E-state index contributed by atoms with van der Waals surface area (Å²) < 4.78 is 0. The molecule has 3 aliphatic heterocycles. The molecule has 0 unspecified atom stereocenters. The normalized spacial score (nSPS) is 27.1. The highest BCUT2D eigenvalue weighted by Gasteiger charge is 2.53. The summed E-state index contributed by atoms with van der Waals surface area (Å²) in [4.78, 5) is 17.5. The van der Waals surface area contributed by atoms with Crippen molar-refractivity contribution in [1.82, 2.24) is 14.7 Å². The predicted molar refractivity (Wildman–Crippen MR) is 117 cm³/mol. The fraction of sp³-hybridized carbons (Fsp3) is 0.958. The van der Waals surface area contributed by atoms with Gasteiger partial charge in [-0.05, 0) is 71.4 Å². The molecule has 162 valence electrons. The topological polar surface area (TPSA) is 26.8 Å². The van der Waals surface area contributed by atoms with Crippen molar-refractivity contribution in [3.05, 3.63) is 0 Å². The molecule has 4 fully saturated rings. The van der Waals surface area contributed by atoms with Gasteiger partial charge >= 0.3 is 0 Å². The van der Waals surface area contributed by atoms with Crippen molar-refractivity contribution in [2.45, 2.75) is 91.1 Å². The van der Waals surface area contributed by atoms with Crippen LogP contribution in [0.4, 0.5) is 0 Å². The number of rotatable bonds is 3. The van der Waals surface area contributed by atoms with Gasteiger partial charge in [0.1, 0.15) is 0 Å². The Labute approximate surface area is 174 Å². The molecule has 4 aliphatic rings. The fourth-order valence-electron chi connectivity index (χ4n) is 5.73. The Morgan fingerprint density at radius 1 is 0.893 bits per heavy atom. The molecule has 1 saturated carbocycles. The first-order valence-corrected chi connectivity index (χ1v) is 11.9. The first-order valence-electron chi connectivity index (χ1n) is 11.9. The van der Waals surface area contributed by atoms with Gasteiger partial charge in [-0.15, -0.1) is 0 Å². The van der Waals surface area contributed by atoms with Crippen molar-refractivity contribution in [2.75, 3.05) is 39.3 Å². The number of likely N-dealkylation sites (tertiary alicyclic amines) is 3. The minimum Gasteiger partial charge on any atom is -0.344 e. The summed E-state index contributed by atoms with van der Waals surface area (Å²) in [5, 5.41) is 0. The molecule has 1 spiro atoms. The average Bonchev–Trinajstić information content (AvgIpc) is 2.60. The van der Waals surface area contributed by atoms with E-state index in [0.29, 0.717) is 11.0 Å². The standard InChI is InChI=1S/C14H27N.C10H18N2O/c1-12(2)13-8-10-15(11-9-13)14-6-4-3-5-7-14;1-9(2,3)12-6-10(7-12)4-11(5-10)8-13/h12-14H,3-11H2,1-2H3;8H,4-7H2,1-3H3. The van der Waals surface area contributed by atoms with Gasteiger partial charge in [0.2, 0.25) is 6.41 Å². The summed E-state index contributed by atoms with van der Waals surface area (Å²) in [6.07, 6.45) is 11.3. The Morgan fingerprint density at radius 2 is 1.46 bits per heavy atom. The lowest BCUT2D eigenvalue weighted by Crippen LogP contribution is -2.74. The van der Waals surface area contributed by atoms with Crippen LogP contribution in [0.25, 0.3) is 0 Å². The summed E-state index contributed by atoms with van der Waals surface area (Å²) >= 11 is 0. The van der Waals surface area contributed by atoms with Crippen molar-refractivity contribution >= 4 is 6.41 Å². The molecule has 4 rings (SSSR count). The zero-order chi connectivity index (χ0) is 20.4. The van der Waals surface area contributed by atoms with Crippen LogP contribution < -0.4 is 0 Å². The van der Waals surface area contributed by atoms with Crippen LogP contribution in [0, 0.1) is 17.3 Å². The number of piperidine rings is 1. The lowest BCUT2D eigenvalue weighted by Gasteiger charge is -2.62. The Morgan fingerprint density at radius 3 is 1.93 bits per heavy atom. The van der Waals surface area contributed by atoms with Crippen LogP contribution in [0.1, 0.15) is 79.6 Å². The van der Waals surface area contributed by atoms with E-state index in [1.807, 2.05) is 4.90 Å². The van der Waals surface area contributed by atoms with Gasteiger partial charge < -0.3 is 9.80 Å². The number of carbonyl (C=O) groups excluding carboxylic acids is 1. The van der Waals surface area contributed by atoms with Crippen LogP contribution in [-0.2, 0) is 4.79 Å². The van der Waals surface area contributed by atoms with Crippen molar-refractivity contribution in [3.8, 4) is 0 Å². The number of carbonyl (C=O) groups is 1. The number of hydrogen-bond acceptors (Lipinski definition) is 3. The van der Waals surface area contributed by atoms with E-state index in [2.05, 4.69) is 44.4 Å². The van der Waals surface area contributed by atoms with Gasteiger partial charge in [0.25, 0.3) is 0 Å². The monoisotopic (exact) mass is 391 g/mol. The minimum atomic E-state index is 0.298. The molecule has 0 N–H and O–H groups in total. The van der Waals surface area contributed by atoms with E-state index in [0.717, 1.165) is 37.4 Å². The Hall–Kier alpha value is -0.610. The molecule has 0 aromatic rings. The van der Waals surface area contributed by atoms with Crippen molar-refractivity contribution < 1.29 is 4.79 Å². The molecule has 3 heterocycles.